The summed E-state index contributed by atoms with van der Waals surface area (Å²) in [5.41, 5.74) is 0.800. The Hall–Kier alpha value is -2.14. The van der Waals surface area contributed by atoms with Crippen molar-refractivity contribution >= 4 is 15.7 Å². The molecule has 0 saturated carbocycles. The lowest BCUT2D eigenvalue weighted by molar-refractivity contribution is -0.137. The minimum absolute atomic E-state index is 0.173. The number of rotatable bonds is 6. The summed E-state index contributed by atoms with van der Waals surface area (Å²) in [6, 6.07) is 10.4. The first-order valence-electron chi connectivity index (χ1n) is 9.42. The third kappa shape index (κ3) is 5.51. The van der Waals surface area contributed by atoms with Crippen molar-refractivity contribution in [3.8, 4) is 0 Å². The number of anilines is 1. The number of nitrogens with one attached hydrogen (secondary N) is 1. The highest BCUT2D eigenvalue weighted by atomic mass is 32.2. The van der Waals surface area contributed by atoms with E-state index in [0.717, 1.165) is 23.3 Å². The van der Waals surface area contributed by atoms with E-state index in [1.807, 2.05) is 31.2 Å². The predicted octanol–water partition coefficient (Wildman–Crippen LogP) is 3.15. The van der Waals surface area contributed by atoms with Crippen LogP contribution in [0.25, 0.3) is 0 Å². The van der Waals surface area contributed by atoms with Crippen LogP contribution in [0, 0.1) is 6.92 Å². The Kier molecular flexibility index (Phi) is 6.71. The van der Waals surface area contributed by atoms with E-state index >= 15 is 0 Å². The van der Waals surface area contributed by atoms with Gasteiger partial charge in [-0.1, -0.05) is 29.8 Å². The molecule has 3 N–H and O–H groups in total. The van der Waals surface area contributed by atoms with E-state index < -0.39 is 26.7 Å². The third-order valence-corrected chi connectivity index (χ3v) is 5.97. The zero-order chi connectivity index (χ0) is 21.9. The summed E-state index contributed by atoms with van der Waals surface area (Å²) in [6.07, 6.45) is -4.73. The number of hydrogen-bond acceptors (Lipinski definition) is 5. The van der Waals surface area contributed by atoms with Gasteiger partial charge < -0.3 is 10.1 Å². The minimum atomic E-state index is -4.73. The summed E-state index contributed by atoms with van der Waals surface area (Å²) in [5, 5.41) is 7.86. The zero-order valence-electron chi connectivity index (χ0n) is 16.4. The van der Waals surface area contributed by atoms with Crippen molar-refractivity contribution in [2.75, 3.05) is 38.2 Å². The van der Waals surface area contributed by atoms with Gasteiger partial charge in [0.25, 0.3) is 0 Å². The molecule has 3 rings (SSSR count). The molecule has 1 aliphatic rings. The quantitative estimate of drug-likeness (QED) is 0.717. The monoisotopic (exact) mass is 443 g/mol. The summed E-state index contributed by atoms with van der Waals surface area (Å²) in [6.45, 7) is 4.61. The summed E-state index contributed by atoms with van der Waals surface area (Å²) in [5.74, 6) is 0. The number of aryl methyl sites for hydroxylation is 1. The number of hydrogen-bond donors (Lipinski definition) is 2. The summed E-state index contributed by atoms with van der Waals surface area (Å²) < 4.78 is 69.0. The molecule has 2 aromatic rings. The Balaban J connectivity index is 1.90. The number of ether oxygens (including phenoxy) is 1. The molecule has 1 aliphatic heterocycles. The van der Waals surface area contributed by atoms with E-state index in [1.165, 1.54) is 0 Å². The second-order valence-corrected chi connectivity index (χ2v) is 8.77. The van der Waals surface area contributed by atoms with Crippen LogP contribution in [0.15, 0.2) is 47.4 Å². The van der Waals surface area contributed by atoms with Gasteiger partial charge in [-0.3, -0.25) is 4.90 Å². The number of halogens is 3. The van der Waals surface area contributed by atoms with Gasteiger partial charge in [-0.15, -0.1) is 0 Å². The molecule has 0 spiro atoms. The lowest BCUT2D eigenvalue weighted by atomic mass is 10.0. The fraction of sp³-hybridized carbons (Fsp3) is 0.400. The van der Waals surface area contributed by atoms with E-state index in [1.54, 1.807) is 0 Å². The van der Waals surface area contributed by atoms with Crippen LogP contribution < -0.4 is 10.5 Å². The smallest absolute Gasteiger partial charge is 0.383 e. The first-order chi connectivity index (χ1) is 14.1. The molecule has 1 fully saturated rings. The van der Waals surface area contributed by atoms with Crippen molar-refractivity contribution < 1.29 is 26.3 Å². The normalized spacial score (nSPS) is 17.0. The molecule has 164 valence electrons. The van der Waals surface area contributed by atoms with E-state index in [4.69, 9.17) is 9.88 Å². The maximum absolute atomic E-state index is 13.6. The molecule has 30 heavy (non-hydrogen) atoms. The van der Waals surface area contributed by atoms with Crippen LogP contribution in [0.1, 0.15) is 22.7 Å². The first kappa shape index (κ1) is 22.5. The van der Waals surface area contributed by atoms with Gasteiger partial charge in [0.2, 0.25) is 10.0 Å². The van der Waals surface area contributed by atoms with Crippen LogP contribution in [0.4, 0.5) is 18.9 Å². The number of benzene rings is 2. The highest BCUT2D eigenvalue weighted by molar-refractivity contribution is 7.89. The third-order valence-electron chi connectivity index (χ3n) is 5.06. The van der Waals surface area contributed by atoms with Gasteiger partial charge in [0, 0.05) is 25.3 Å². The maximum atomic E-state index is 13.6. The Bertz CT molecular complexity index is 973. The van der Waals surface area contributed by atoms with Crippen LogP contribution in [0.2, 0.25) is 0 Å². The molecule has 0 aromatic heterocycles. The number of nitrogens with zero attached hydrogens (tertiary/aromatic N) is 1. The van der Waals surface area contributed by atoms with Crippen molar-refractivity contribution in [2.45, 2.75) is 24.0 Å². The van der Waals surface area contributed by atoms with Crippen LogP contribution in [-0.4, -0.2) is 46.2 Å². The zero-order valence-corrected chi connectivity index (χ0v) is 17.3. The van der Waals surface area contributed by atoms with Gasteiger partial charge in [0.15, 0.2) is 0 Å². The largest absolute Gasteiger partial charge is 0.418 e. The lowest BCUT2D eigenvalue weighted by Gasteiger charge is -2.35. The first-order valence-corrected chi connectivity index (χ1v) is 11.0. The fourth-order valence-corrected chi connectivity index (χ4v) is 3.97. The highest BCUT2D eigenvalue weighted by Gasteiger charge is 2.35. The lowest BCUT2D eigenvalue weighted by Crippen LogP contribution is -2.41. The van der Waals surface area contributed by atoms with E-state index in [-0.39, 0.29) is 18.3 Å². The fourth-order valence-electron chi connectivity index (χ4n) is 3.43. The molecule has 10 heteroatoms. The maximum Gasteiger partial charge on any atom is 0.418 e. The van der Waals surface area contributed by atoms with Gasteiger partial charge in [0.05, 0.1) is 29.7 Å². The predicted molar refractivity (Wildman–Crippen MR) is 108 cm³/mol. The van der Waals surface area contributed by atoms with Crippen molar-refractivity contribution in [3.05, 3.63) is 59.2 Å². The molecular formula is C20H24F3N3O3S. The molecule has 0 radical (unpaired) electrons. The Morgan fingerprint density at radius 3 is 2.33 bits per heavy atom. The van der Waals surface area contributed by atoms with Crippen molar-refractivity contribution in [1.82, 2.24) is 4.90 Å². The van der Waals surface area contributed by atoms with E-state index in [2.05, 4.69) is 10.2 Å². The Labute approximate surface area is 173 Å². The second-order valence-electron chi connectivity index (χ2n) is 7.21. The number of nitrogens with two attached hydrogens (primary N) is 1. The topological polar surface area (TPSA) is 84.7 Å². The molecular weight excluding hydrogens is 419 g/mol. The van der Waals surface area contributed by atoms with Crippen LogP contribution >= 0.6 is 0 Å². The number of sulfonamides is 1. The van der Waals surface area contributed by atoms with Gasteiger partial charge >= 0.3 is 6.18 Å². The molecule has 0 bridgehead atoms. The average molecular weight is 443 g/mol. The molecule has 0 aliphatic carbocycles. The number of alkyl halides is 3. The van der Waals surface area contributed by atoms with E-state index in [9.17, 15) is 21.6 Å². The number of primary sulfonamides is 1. The highest BCUT2D eigenvalue weighted by Crippen LogP contribution is 2.36. The van der Waals surface area contributed by atoms with Gasteiger partial charge in [-0.05, 0) is 30.7 Å². The summed E-state index contributed by atoms with van der Waals surface area (Å²) in [4.78, 5) is 1.58. The minimum Gasteiger partial charge on any atom is -0.383 e. The molecule has 6 nitrogen and oxygen atoms in total. The average Bonchev–Trinajstić information content (AvgIpc) is 2.69. The standard InChI is InChI=1S/C20H24F3N3O3S/c1-14-2-4-15(5-3-14)19(26-8-10-29-11-9-26)13-25-18-7-6-16(30(24,27)28)12-17(18)20(21,22)23/h2-7,12,19,25H,8-11,13H2,1H3,(H2,24,27,28). The van der Waals surface area contributed by atoms with Crippen molar-refractivity contribution in [1.29, 1.82) is 0 Å². The molecule has 1 saturated heterocycles. The van der Waals surface area contributed by atoms with Gasteiger partial charge in [-0.25, -0.2) is 13.6 Å². The Morgan fingerprint density at radius 1 is 1.13 bits per heavy atom. The molecule has 1 heterocycles. The molecule has 0 amide bonds. The van der Waals surface area contributed by atoms with Gasteiger partial charge in [-0.2, -0.15) is 13.2 Å². The number of morpholine rings is 1. The van der Waals surface area contributed by atoms with Crippen LogP contribution in [-0.2, 0) is 20.9 Å². The van der Waals surface area contributed by atoms with Crippen LogP contribution in [0.5, 0.6) is 0 Å². The second kappa shape index (κ2) is 8.93. The summed E-state index contributed by atoms with van der Waals surface area (Å²) in [7, 11) is -4.25. The summed E-state index contributed by atoms with van der Waals surface area (Å²) >= 11 is 0. The van der Waals surface area contributed by atoms with E-state index in [0.29, 0.717) is 32.4 Å². The Morgan fingerprint density at radius 2 is 1.77 bits per heavy atom. The van der Waals surface area contributed by atoms with Gasteiger partial charge in [0.1, 0.15) is 0 Å². The molecule has 2 aromatic carbocycles. The van der Waals surface area contributed by atoms with Crippen molar-refractivity contribution in [2.24, 2.45) is 5.14 Å². The van der Waals surface area contributed by atoms with Crippen molar-refractivity contribution in [3.63, 3.8) is 0 Å². The SMILES string of the molecule is Cc1ccc(C(CNc2ccc(S(N)(=O)=O)cc2C(F)(F)F)N2CCOCC2)cc1. The van der Waals surface area contributed by atoms with Crippen LogP contribution in [0.3, 0.4) is 0 Å². The molecule has 1 atom stereocenters. The molecule has 1 unspecified atom stereocenters.